The van der Waals surface area contributed by atoms with E-state index in [0.717, 1.165) is 0 Å². The fourth-order valence-corrected chi connectivity index (χ4v) is 2.63. The van der Waals surface area contributed by atoms with Crippen molar-refractivity contribution in [2.75, 3.05) is 12.0 Å². The molecule has 0 atom stereocenters. The molecular weight excluding hydrogens is 208 g/mol. The maximum absolute atomic E-state index is 11.1. The Balaban J connectivity index is 3.41. The number of sulfonamides is 1. The molecule has 0 amide bonds. The van der Waals surface area contributed by atoms with E-state index < -0.39 is 10.0 Å². The van der Waals surface area contributed by atoms with Crippen molar-refractivity contribution >= 4 is 27.5 Å². The summed E-state index contributed by atoms with van der Waals surface area (Å²) in [6, 6.07) is 4.64. The van der Waals surface area contributed by atoms with E-state index in [4.69, 9.17) is 10.9 Å². The predicted molar refractivity (Wildman–Crippen MR) is 54.0 cm³/mol. The van der Waals surface area contributed by atoms with Crippen LogP contribution in [-0.2, 0) is 10.0 Å². The number of nitrogens with two attached hydrogens (primary N) is 2. The van der Waals surface area contributed by atoms with Gasteiger partial charge in [0.1, 0.15) is 0 Å². The van der Waals surface area contributed by atoms with Crippen LogP contribution in [0.4, 0.5) is 5.69 Å². The van der Waals surface area contributed by atoms with Crippen molar-refractivity contribution in [3.8, 4) is 0 Å². The Hall–Kier alpha value is -0.720. The third kappa shape index (κ3) is 2.36. The highest BCUT2D eigenvalue weighted by molar-refractivity contribution is 7.99. The maximum atomic E-state index is 11.1. The van der Waals surface area contributed by atoms with Crippen LogP contribution in [0.2, 0.25) is 0 Å². The second-order valence-corrected chi connectivity index (χ2v) is 4.83. The molecule has 0 saturated heterocycles. The molecule has 0 aliphatic rings. The summed E-state index contributed by atoms with van der Waals surface area (Å²) in [7, 11) is -3.67. The second kappa shape index (κ2) is 3.57. The van der Waals surface area contributed by atoms with Gasteiger partial charge in [0.2, 0.25) is 10.0 Å². The minimum Gasteiger partial charge on any atom is -0.399 e. The Kier molecular flexibility index (Phi) is 2.84. The molecule has 0 saturated carbocycles. The van der Waals surface area contributed by atoms with E-state index in [-0.39, 0.29) is 4.90 Å². The molecule has 0 aromatic heterocycles. The number of thioether (sulfide) groups is 1. The first-order valence-electron chi connectivity index (χ1n) is 3.41. The van der Waals surface area contributed by atoms with Gasteiger partial charge in [0, 0.05) is 10.6 Å². The number of rotatable bonds is 2. The van der Waals surface area contributed by atoms with Crippen molar-refractivity contribution in [2.45, 2.75) is 9.79 Å². The molecule has 4 N–H and O–H groups in total. The van der Waals surface area contributed by atoms with E-state index in [0.29, 0.717) is 10.6 Å². The highest BCUT2D eigenvalue weighted by Crippen LogP contribution is 2.25. The molecule has 0 aliphatic carbocycles. The molecule has 0 unspecified atom stereocenters. The highest BCUT2D eigenvalue weighted by atomic mass is 32.2. The predicted octanol–water partition coefficient (Wildman–Crippen LogP) is 0.638. The zero-order chi connectivity index (χ0) is 10.1. The van der Waals surface area contributed by atoms with Crippen molar-refractivity contribution in [3.63, 3.8) is 0 Å². The lowest BCUT2D eigenvalue weighted by Crippen LogP contribution is -2.13. The van der Waals surface area contributed by atoms with E-state index in [9.17, 15) is 8.42 Å². The van der Waals surface area contributed by atoms with Gasteiger partial charge in [-0.15, -0.1) is 11.8 Å². The van der Waals surface area contributed by atoms with Gasteiger partial charge in [-0.1, -0.05) is 0 Å². The van der Waals surface area contributed by atoms with Gasteiger partial charge in [-0.25, -0.2) is 13.6 Å². The topological polar surface area (TPSA) is 86.2 Å². The van der Waals surface area contributed by atoms with E-state index >= 15 is 0 Å². The molecule has 0 radical (unpaired) electrons. The van der Waals surface area contributed by atoms with Crippen molar-refractivity contribution < 1.29 is 8.42 Å². The van der Waals surface area contributed by atoms with Crippen LogP contribution in [0.5, 0.6) is 0 Å². The smallest absolute Gasteiger partial charge is 0.239 e. The van der Waals surface area contributed by atoms with Gasteiger partial charge in [-0.2, -0.15) is 0 Å². The lowest BCUT2D eigenvalue weighted by Gasteiger charge is -2.05. The minimum absolute atomic E-state index is 0.0833. The monoisotopic (exact) mass is 218 g/mol. The van der Waals surface area contributed by atoms with Gasteiger partial charge in [0.25, 0.3) is 0 Å². The molecule has 72 valence electrons. The molecule has 0 bridgehead atoms. The molecule has 6 heteroatoms. The van der Waals surface area contributed by atoms with Crippen molar-refractivity contribution in [1.29, 1.82) is 0 Å². The molecule has 0 heterocycles. The first-order chi connectivity index (χ1) is 5.95. The maximum Gasteiger partial charge on any atom is 0.239 e. The quantitative estimate of drug-likeness (QED) is 0.563. The fraction of sp³-hybridized carbons (Fsp3) is 0.143. The van der Waals surface area contributed by atoms with Crippen molar-refractivity contribution in [2.24, 2.45) is 5.14 Å². The highest BCUT2D eigenvalue weighted by Gasteiger charge is 2.13. The van der Waals surface area contributed by atoms with Crippen molar-refractivity contribution in [3.05, 3.63) is 18.2 Å². The zero-order valence-electron chi connectivity index (χ0n) is 7.02. The van der Waals surface area contributed by atoms with Gasteiger partial charge in [0.05, 0.1) is 4.90 Å². The first kappa shape index (κ1) is 10.4. The SMILES string of the molecule is CSc1ccc(N)cc1S(N)(=O)=O. The summed E-state index contributed by atoms with van der Waals surface area (Å²) >= 11 is 1.32. The molecule has 0 fully saturated rings. The third-order valence-electron chi connectivity index (χ3n) is 1.49. The summed E-state index contributed by atoms with van der Waals surface area (Å²) in [6.07, 6.45) is 1.78. The van der Waals surface area contributed by atoms with Gasteiger partial charge in [-0.05, 0) is 24.5 Å². The van der Waals surface area contributed by atoms with Crippen LogP contribution in [0, 0.1) is 0 Å². The number of nitrogen functional groups attached to an aromatic ring is 1. The first-order valence-corrected chi connectivity index (χ1v) is 6.18. The molecule has 13 heavy (non-hydrogen) atoms. The zero-order valence-corrected chi connectivity index (χ0v) is 8.65. The number of anilines is 1. The van der Waals surface area contributed by atoms with Gasteiger partial charge >= 0.3 is 0 Å². The summed E-state index contributed by atoms with van der Waals surface area (Å²) in [5.74, 6) is 0. The molecule has 1 aromatic rings. The van der Waals surface area contributed by atoms with Crippen LogP contribution in [-0.4, -0.2) is 14.7 Å². The van der Waals surface area contributed by atoms with E-state index in [2.05, 4.69) is 0 Å². The molecule has 1 aromatic carbocycles. The third-order valence-corrected chi connectivity index (χ3v) is 3.37. The Morgan fingerprint density at radius 1 is 1.38 bits per heavy atom. The summed E-state index contributed by atoms with van der Waals surface area (Å²) in [4.78, 5) is 0.691. The van der Waals surface area contributed by atoms with Gasteiger partial charge in [-0.3, -0.25) is 0 Å². The molecule has 0 spiro atoms. The largest absolute Gasteiger partial charge is 0.399 e. The van der Waals surface area contributed by atoms with E-state index in [1.54, 1.807) is 18.4 Å². The summed E-state index contributed by atoms with van der Waals surface area (Å²) in [6.45, 7) is 0. The standard InChI is InChI=1S/C7H10N2O2S2/c1-12-6-3-2-5(8)4-7(6)13(9,10)11/h2-4H,8H2,1H3,(H2,9,10,11). The minimum atomic E-state index is -3.67. The average Bonchev–Trinajstić information content (AvgIpc) is 2.03. The summed E-state index contributed by atoms with van der Waals surface area (Å²) < 4.78 is 22.1. The normalized spacial score (nSPS) is 11.5. The van der Waals surface area contributed by atoms with Crippen LogP contribution < -0.4 is 10.9 Å². The van der Waals surface area contributed by atoms with E-state index in [1.165, 1.54) is 17.8 Å². The Morgan fingerprint density at radius 3 is 2.46 bits per heavy atom. The average molecular weight is 218 g/mol. The summed E-state index contributed by atoms with van der Waals surface area (Å²) in [5.41, 5.74) is 5.84. The molecule has 1 rings (SSSR count). The van der Waals surface area contributed by atoms with Crippen molar-refractivity contribution in [1.82, 2.24) is 0 Å². The molecular formula is C7H10N2O2S2. The van der Waals surface area contributed by atoms with Crippen LogP contribution in [0.15, 0.2) is 28.0 Å². The number of benzene rings is 1. The van der Waals surface area contributed by atoms with Gasteiger partial charge in [0.15, 0.2) is 0 Å². The molecule has 0 aliphatic heterocycles. The Morgan fingerprint density at radius 2 is 2.00 bits per heavy atom. The lowest BCUT2D eigenvalue weighted by atomic mass is 10.3. The van der Waals surface area contributed by atoms with Crippen LogP contribution in [0.3, 0.4) is 0 Å². The number of hydrogen-bond donors (Lipinski definition) is 2. The van der Waals surface area contributed by atoms with Crippen LogP contribution in [0.1, 0.15) is 0 Å². The number of hydrogen-bond acceptors (Lipinski definition) is 4. The summed E-state index contributed by atoms with van der Waals surface area (Å²) in [5, 5.41) is 5.01. The molecule has 4 nitrogen and oxygen atoms in total. The van der Waals surface area contributed by atoms with Crippen LogP contribution >= 0.6 is 11.8 Å². The van der Waals surface area contributed by atoms with E-state index in [1.807, 2.05) is 0 Å². The Labute approximate surface area is 81.4 Å². The lowest BCUT2D eigenvalue weighted by molar-refractivity contribution is 0.596. The Bertz CT molecular complexity index is 415. The second-order valence-electron chi connectivity index (χ2n) is 2.46. The fourth-order valence-electron chi connectivity index (χ4n) is 0.916. The van der Waals surface area contributed by atoms with Gasteiger partial charge < -0.3 is 5.73 Å². The number of primary sulfonamides is 1. The van der Waals surface area contributed by atoms with Crippen LogP contribution in [0.25, 0.3) is 0 Å².